The highest BCUT2D eigenvalue weighted by Gasteiger charge is 2.22. The molecule has 0 aliphatic heterocycles. The van der Waals surface area contributed by atoms with E-state index in [4.69, 9.17) is 6.58 Å². The molecule has 0 N–H and O–H groups in total. The summed E-state index contributed by atoms with van der Waals surface area (Å²) >= 11 is 0. The first kappa shape index (κ1) is 36.1. The van der Waals surface area contributed by atoms with Gasteiger partial charge < -0.3 is 0 Å². The molecule has 52 heavy (non-hydrogen) atoms. The molecule has 0 heterocycles. The fourth-order valence-electron chi connectivity index (χ4n) is 6.84. The van der Waals surface area contributed by atoms with Gasteiger partial charge in [-0.05, 0) is 117 Å². The van der Waals surface area contributed by atoms with E-state index in [1.165, 1.54) is 54.6 Å². The van der Waals surface area contributed by atoms with E-state index in [-0.39, 0.29) is 10.8 Å². The van der Waals surface area contributed by atoms with Crippen molar-refractivity contribution in [3.05, 3.63) is 199 Å². The van der Waals surface area contributed by atoms with E-state index in [0.717, 1.165) is 33.4 Å². The summed E-state index contributed by atoms with van der Waals surface area (Å²) in [5.41, 5.74) is 11.0. The minimum atomic E-state index is -0.0186. The molecule has 0 aromatic heterocycles. The van der Waals surface area contributed by atoms with Crippen LogP contribution in [0.2, 0.25) is 0 Å². The van der Waals surface area contributed by atoms with E-state index in [9.17, 15) is 0 Å². The zero-order valence-electron chi connectivity index (χ0n) is 31.7. The Morgan fingerprint density at radius 2 is 1.10 bits per heavy atom. The quantitative estimate of drug-likeness (QED) is 0.106. The lowest BCUT2D eigenvalue weighted by molar-refractivity contribution is 0.590. The van der Waals surface area contributed by atoms with Gasteiger partial charge in [0, 0.05) is 0 Å². The molecule has 0 spiro atoms. The molecule has 0 saturated carbocycles. The average molecular weight is 675 g/mol. The molecular formula is C52H50. The number of fused-ring (bicyclic) bond motifs is 3. The van der Waals surface area contributed by atoms with Crippen molar-refractivity contribution in [3.8, 4) is 11.1 Å². The van der Waals surface area contributed by atoms with Crippen molar-refractivity contribution >= 4 is 50.0 Å². The number of hydrogen-bond acceptors (Lipinski definition) is 0. The van der Waals surface area contributed by atoms with Gasteiger partial charge in [0.2, 0.25) is 0 Å². The number of rotatable bonds is 9. The third-order valence-corrected chi connectivity index (χ3v) is 9.98. The lowest BCUT2D eigenvalue weighted by Gasteiger charge is -2.25. The zero-order chi connectivity index (χ0) is 37.2. The highest BCUT2D eigenvalue weighted by Crippen LogP contribution is 2.45. The molecule has 0 unspecified atom stereocenters. The maximum Gasteiger partial charge on any atom is -0.00260 e. The molecule has 0 amide bonds. The van der Waals surface area contributed by atoms with Gasteiger partial charge in [-0.25, -0.2) is 0 Å². The summed E-state index contributed by atoms with van der Waals surface area (Å²) < 4.78 is 0. The van der Waals surface area contributed by atoms with Crippen molar-refractivity contribution in [2.45, 2.75) is 52.4 Å². The molecule has 0 heteroatoms. The number of allylic oxidation sites excluding steroid dienone is 8. The van der Waals surface area contributed by atoms with Crippen molar-refractivity contribution < 1.29 is 0 Å². The SMILES string of the molecule is C=C/C=C\c1ccccc1/C=C\C(=C)C(=C)/C=C\C(=C)c1c2cc(C(C)(C)C)ccc2c(-c2ccc3ccccc3c2)c2cc(C(C)(C)C)ccc12. The predicted molar refractivity (Wildman–Crippen MR) is 233 cm³/mol. The second kappa shape index (κ2) is 14.5. The smallest absolute Gasteiger partial charge is 0.00260 e. The van der Waals surface area contributed by atoms with Crippen molar-refractivity contribution in [2.24, 2.45) is 0 Å². The number of hydrogen-bond donors (Lipinski definition) is 0. The molecule has 0 atom stereocenters. The van der Waals surface area contributed by atoms with E-state index in [2.05, 4.69) is 171 Å². The molecule has 0 nitrogen and oxygen atoms in total. The van der Waals surface area contributed by atoms with Crippen LogP contribution in [0.25, 0.3) is 61.2 Å². The monoisotopic (exact) mass is 674 g/mol. The predicted octanol–water partition coefficient (Wildman–Crippen LogP) is 15.0. The lowest BCUT2D eigenvalue weighted by Crippen LogP contribution is -2.11. The Balaban J connectivity index is 1.51. The first-order valence-electron chi connectivity index (χ1n) is 18.1. The molecule has 0 aliphatic carbocycles. The first-order chi connectivity index (χ1) is 24.8. The molecule has 6 rings (SSSR count). The summed E-state index contributed by atoms with van der Waals surface area (Å²) in [6.07, 6.45) is 14.1. The largest absolute Gasteiger partial charge is 0.0991 e. The summed E-state index contributed by atoms with van der Waals surface area (Å²) in [7, 11) is 0. The van der Waals surface area contributed by atoms with E-state index in [1.807, 2.05) is 30.4 Å². The maximum atomic E-state index is 4.71. The van der Waals surface area contributed by atoms with Gasteiger partial charge >= 0.3 is 0 Å². The Bertz CT molecular complexity index is 2470. The highest BCUT2D eigenvalue weighted by molar-refractivity contribution is 6.20. The van der Waals surface area contributed by atoms with E-state index >= 15 is 0 Å². The van der Waals surface area contributed by atoms with Gasteiger partial charge in [-0.1, -0.05) is 195 Å². The average Bonchev–Trinajstić information content (AvgIpc) is 3.12. The van der Waals surface area contributed by atoms with Crippen molar-refractivity contribution in [3.63, 3.8) is 0 Å². The Hall–Kier alpha value is -5.72. The van der Waals surface area contributed by atoms with Crippen LogP contribution in [0.5, 0.6) is 0 Å². The highest BCUT2D eigenvalue weighted by atomic mass is 14.3. The van der Waals surface area contributed by atoms with Crippen LogP contribution >= 0.6 is 0 Å². The zero-order valence-corrected chi connectivity index (χ0v) is 31.7. The van der Waals surface area contributed by atoms with Crippen LogP contribution in [0.15, 0.2) is 171 Å². The second-order valence-corrected chi connectivity index (χ2v) is 15.8. The second-order valence-electron chi connectivity index (χ2n) is 15.8. The summed E-state index contributed by atoms with van der Waals surface area (Å²) in [4.78, 5) is 0. The Labute approximate surface area is 311 Å². The lowest BCUT2D eigenvalue weighted by atomic mass is 9.79. The molecule has 0 fully saturated rings. The van der Waals surface area contributed by atoms with Crippen LogP contribution in [-0.4, -0.2) is 0 Å². The minimum absolute atomic E-state index is 0.00888. The van der Waals surface area contributed by atoms with Gasteiger partial charge in [0.15, 0.2) is 0 Å². The maximum absolute atomic E-state index is 4.71. The Kier molecular flexibility index (Phi) is 10.1. The van der Waals surface area contributed by atoms with Crippen molar-refractivity contribution in [2.75, 3.05) is 0 Å². The van der Waals surface area contributed by atoms with E-state index < -0.39 is 0 Å². The van der Waals surface area contributed by atoms with Crippen LogP contribution in [0.1, 0.15) is 69.4 Å². The fraction of sp³-hybridized carbons (Fsp3) is 0.154. The van der Waals surface area contributed by atoms with Crippen molar-refractivity contribution in [1.82, 2.24) is 0 Å². The standard InChI is InChI=1S/C52H50/c1-11-12-17-38-18-13-14-19-39(38)25-24-36(3)35(2)22-23-37(4)49-45-30-28-44(52(8,9)10)34-48(45)50(42-27-26-40-20-15-16-21-41(40)32-42)46-31-29-43(33-47(46)49)51(5,6)7/h11-34H,1-4H2,5-10H3/b17-12-,23-22-,25-24-. The van der Waals surface area contributed by atoms with Gasteiger partial charge in [-0.15, -0.1) is 0 Å². The summed E-state index contributed by atoms with van der Waals surface area (Å²) in [5.74, 6) is 0. The first-order valence-corrected chi connectivity index (χ1v) is 18.1. The Morgan fingerprint density at radius 1 is 0.519 bits per heavy atom. The topological polar surface area (TPSA) is 0 Å². The minimum Gasteiger partial charge on any atom is -0.0991 e. The van der Waals surface area contributed by atoms with Crippen molar-refractivity contribution in [1.29, 1.82) is 0 Å². The molecule has 6 aromatic rings. The summed E-state index contributed by atoms with van der Waals surface area (Å²) in [6, 6.07) is 37.8. The number of benzene rings is 6. The van der Waals surface area contributed by atoms with Crippen LogP contribution in [-0.2, 0) is 10.8 Å². The van der Waals surface area contributed by atoms with Gasteiger partial charge in [-0.2, -0.15) is 0 Å². The third-order valence-electron chi connectivity index (χ3n) is 9.98. The molecular weight excluding hydrogens is 625 g/mol. The molecule has 0 saturated heterocycles. The van der Waals surface area contributed by atoms with E-state index in [1.54, 1.807) is 6.08 Å². The summed E-state index contributed by atoms with van der Waals surface area (Å²) in [5, 5.41) is 7.33. The molecule has 258 valence electrons. The van der Waals surface area contributed by atoms with Crippen LogP contribution < -0.4 is 0 Å². The molecule has 0 aliphatic rings. The fourth-order valence-corrected chi connectivity index (χ4v) is 6.84. The molecule has 6 aromatic carbocycles. The third kappa shape index (κ3) is 7.48. The van der Waals surface area contributed by atoms with Gasteiger partial charge in [0.05, 0.1) is 0 Å². The van der Waals surface area contributed by atoms with Gasteiger partial charge in [0.1, 0.15) is 0 Å². The van der Waals surface area contributed by atoms with Crippen LogP contribution in [0.3, 0.4) is 0 Å². The van der Waals surface area contributed by atoms with E-state index in [0.29, 0.717) is 0 Å². The van der Waals surface area contributed by atoms with Gasteiger partial charge in [0.25, 0.3) is 0 Å². The molecule has 0 bridgehead atoms. The summed E-state index contributed by atoms with van der Waals surface area (Å²) in [6.45, 7) is 30.9. The normalized spacial score (nSPS) is 12.5. The van der Waals surface area contributed by atoms with Gasteiger partial charge in [-0.3, -0.25) is 0 Å². The Morgan fingerprint density at radius 3 is 1.75 bits per heavy atom. The van der Waals surface area contributed by atoms with Crippen LogP contribution in [0, 0.1) is 0 Å². The van der Waals surface area contributed by atoms with Crippen LogP contribution in [0.4, 0.5) is 0 Å². The molecule has 0 radical (unpaired) electrons.